The third-order valence-corrected chi connectivity index (χ3v) is 3.41. The van der Waals surface area contributed by atoms with Gasteiger partial charge in [0.1, 0.15) is 5.75 Å². The van der Waals surface area contributed by atoms with Crippen LogP contribution in [-0.4, -0.2) is 19.0 Å². The molecular formula is C17H15ClO4. The van der Waals surface area contributed by atoms with Crippen molar-refractivity contribution in [2.45, 2.75) is 13.8 Å². The average molecular weight is 319 g/mol. The van der Waals surface area contributed by atoms with Gasteiger partial charge in [-0.3, -0.25) is 0 Å². The number of ether oxygens (including phenoxy) is 2. The zero-order chi connectivity index (χ0) is 16.3. The molecule has 5 heteroatoms. The molecule has 0 saturated carbocycles. The molecular weight excluding hydrogens is 304 g/mol. The van der Waals surface area contributed by atoms with Crippen LogP contribution < -0.4 is 4.74 Å². The normalized spacial score (nSPS) is 10.2. The van der Waals surface area contributed by atoms with Gasteiger partial charge < -0.3 is 9.47 Å². The number of hydrogen-bond donors (Lipinski definition) is 0. The molecule has 0 radical (unpaired) electrons. The van der Waals surface area contributed by atoms with Crippen molar-refractivity contribution in [3.8, 4) is 5.75 Å². The minimum atomic E-state index is -0.478. The largest absolute Gasteiger partial charge is 0.465 e. The Bertz CT molecular complexity index is 697. The molecule has 2 aromatic rings. The third kappa shape index (κ3) is 3.46. The fraction of sp³-hybridized carbons (Fsp3) is 0.176. The first kappa shape index (κ1) is 16.0. The molecule has 0 aliphatic rings. The Morgan fingerprint density at radius 3 is 1.95 bits per heavy atom. The maximum atomic E-state index is 12.1. The Morgan fingerprint density at radius 2 is 1.45 bits per heavy atom. The smallest absolute Gasteiger partial charge is 0.343 e. The van der Waals surface area contributed by atoms with Crippen molar-refractivity contribution in [3.05, 3.63) is 63.7 Å². The summed E-state index contributed by atoms with van der Waals surface area (Å²) < 4.78 is 10.1. The minimum absolute atomic E-state index is 0.403. The van der Waals surface area contributed by atoms with Gasteiger partial charge in [-0.1, -0.05) is 11.6 Å². The number of benzene rings is 2. The topological polar surface area (TPSA) is 52.6 Å². The van der Waals surface area contributed by atoms with E-state index in [1.807, 2.05) is 0 Å². The lowest BCUT2D eigenvalue weighted by molar-refractivity contribution is 0.0600. The molecule has 0 fully saturated rings. The summed E-state index contributed by atoms with van der Waals surface area (Å²) in [6.07, 6.45) is 0. The number of carbonyl (C=O) groups is 2. The van der Waals surface area contributed by atoms with Crippen LogP contribution in [0.25, 0.3) is 0 Å². The molecule has 114 valence electrons. The molecule has 0 unspecified atom stereocenters. The average Bonchev–Trinajstić information content (AvgIpc) is 2.50. The van der Waals surface area contributed by atoms with Gasteiger partial charge >= 0.3 is 11.9 Å². The molecule has 0 N–H and O–H groups in total. The van der Waals surface area contributed by atoms with E-state index >= 15 is 0 Å². The van der Waals surface area contributed by atoms with Gasteiger partial charge in [0.25, 0.3) is 0 Å². The first-order valence-electron chi connectivity index (χ1n) is 6.59. The predicted octanol–water partition coefficient (Wildman–Crippen LogP) is 3.96. The molecule has 0 amide bonds. The number of esters is 2. The molecule has 0 atom stereocenters. The van der Waals surface area contributed by atoms with Crippen LogP contribution in [0.3, 0.4) is 0 Å². The van der Waals surface area contributed by atoms with Crippen LogP contribution in [0.4, 0.5) is 0 Å². The number of aryl methyl sites for hydroxylation is 2. The number of methoxy groups -OCH3 is 1. The number of carbonyl (C=O) groups excluding carboxylic acids is 2. The first-order chi connectivity index (χ1) is 10.4. The highest BCUT2D eigenvalue weighted by molar-refractivity contribution is 6.30. The summed E-state index contributed by atoms with van der Waals surface area (Å²) in [5.41, 5.74) is 2.19. The Balaban J connectivity index is 2.28. The molecule has 0 bridgehead atoms. The Kier molecular flexibility index (Phi) is 4.83. The van der Waals surface area contributed by atoms with E-state index in [4.69, 9.17) is 16.3 Å². The van der Waals surface area contributed by atoms with E-state index in [9.17, 15) is 9.59 Å². The van der Waals surface area contributed by atoms with E-state index in [1.54, 1.807) is 50.2 Å². The van der Waals surface area contributed by atoms with Crippen molar-refractivity contribution in [1.82, 2.24) is 0 Å². The summed E-state index contributed by atoms with van der Waals surface area (Å²) in [7, 11) is 1.32. The van der Waals surface area contributed by atoms with Gasteiger partial charge in [-0.2, -0.15) is 0 Å². The Labute approximate surface area is 133 Å². The van der Waals surface area contributed by atoms with Gasteiger partial charge in [0.15, 0.2) is 0 Å². The van der Waals surface area contributed by atoms with Gasteiger partial charge in [0, 0.05) is 5.02 Å². The molecule has 2 aromatic carbocycles. The molecule has 0 heterocycles. The highest BCUT2D eigenvalue weighted by Crippen LogP contribution is 2.26. The quantitative estimate of drug-likeness (QED) is 0.635. The first-order valence-corrected chi connectivity index (χ1v) is 6.97. The van der Waals surface area contributed by atoms with Crippen LogP contribution in [0.5, 0.6) is 5.75 Å². The standard InChI is InChI=1S/C17H15ClO4/c1-10-8-13(16(19)21-3)9-11(2)15(10)22-17(20)12-4-6-14(18)7-5-12/h4-9H,1-3H3. The zero-order valence-electron chi connectivity index (χ0n) is 12.5. The van der Waals surface area contributed by atoms with E-state index in [0.717, 1.165) is 0 Å². The summed E-state index contributed by atoms with van der Waals surface area (Å²) >= 11 is 5.79. The van der Waals surface area contributed by atoms with Crippen molar-refractivity contribution in [2.75, 3.05) is 7.11 Å². The second-order valence-electron chi connectivity index (χ2n) is 4.83. The second kappa shape index (κ2) is 6.62. The fourth-order valence-electron chi connectivity index (χ4n) is 2.08. The Morgan fingerprint density at radius 1 is 0.909 bits per heavy atom. The van der Waals surface area contributed by atoms with Gasteiger partial charge in [0.05, 0.1) is 18.2 Å². The molecule has 22 heavy (non-hydrogen) atoms. The molecule has 4 nitrogen and oxygen atoms in total. The number of hydrogen-bond acceptors (Lipinski definition) is 4. The van der Waals surface area contributed by atoms with Crippen LogP contribution in [0.1, 0.15) is 31.8 Å². The maximum Gasteiger partial charge on any atom is 0.343 e. The van der Waals surface area contributed by atoms with E-state index < -0.39 is 11.9 Å². The number of halogens is 1. The van der Waals surface area contributed by atoms with E-state index in [0.29, 0.717) is 33.0 Å². The highest BCUT2D eigenvalue weighted by atomic mass is 35.5. The van der Waals surface area contributed by atoms with Gasteiger partial charge in [-0.25, -0.2) is 9.59 Å². The summed E-state index contributed by atoms with van der Waals surface area (Å²) in [5, 5.41) is 0.548. The monoisotopic (exact) mass is 318 g/mol. The summed E-state index contributed by atoms with van der Waals surface area (Å²) in [6.45, 7) is 3.54. The lowest BCUT2D eigenvalue weighted by Crippen LogP contribution is -2.11. The van der Waals surface area contributed by atoms with Crippen molar-refractivity contribution in [3.63, 3.8) is 0 Å². The molecule has 0 aliphatic heterocycles. The number of rotatable bonds is 3. The third-order valence-electron chi connectivity index (χ3n) is 3.16. The SMILES string of the molecule is COC(=O)c1cc(C)c(OC(=O)c2ccc(Cl)cc2)c(C)c1. The fourth-order valence-corrected chi connectivity index (χ4v) is 2.21. The molecule has 0 aromatic heterocycles. The van der Waals surface area contributed by atoms with E-state index in [2.05, 4.69) is 4.74 Å². The van der Waals surface area contributed by atoms with E-state index in [1.165, 1.54) is 7.11 Å². The summed E-state index contributed by atoms with van der Waals surface area (Å²) in [4.78, 5) is 23.7. The molecule has 0 spiro atoms. The minimum Gasteiger partial charge on any atom is -0.465 e. The van der Waals surface area contributed by atoms with Crippen molar-refractivity contribution in [2.24, 2.45) is 0 Å². The maximum absolute atomic E-state index is 12.1. The predicted molar refractivity (Wildman–Crippen MR) is 83.7 cm³/mol. The summed E-state index contributed by atoms with van der Waals surface area (Å²) in [5.74, 6) is -0.469. The molecule has 0 aliphatic carbocycles. The van der Waals surface area contributed by atoms with Gasteiger partial charge in [0.2, 0.25) is 0 Å². The van der Waals surface area contributed by atoms with Crippen molar-refractivity contribution in [1.29, 1.82) is 0 Å². The highest BCUT2D eigenvalue weighted by Gasteiger charge is 2.15. The van der Waals surface area contributed by atoms with Crippen LogP contribution in [-0.2, 0) is 4.74 Å². The van der Waals surface area contributed by atoms with Crippen molar-refractivity contribution >= 4 is 23.5 Å². The van der Waals surface area contributed by atoms with Gasteiger partial charge in [-0.15, -0.1) is 0 Å². The lowest BCUT2D eigenvalue weighted by Gasteiger charge is -2.12. The van der Waals surface area contributed by atoms with Crippen LogP contribution in [0, 0.1) is 13.8 Å². The van der Waals surface area contributed by atoms with Crippen LogP contribution in [0.2, 0.25) is 5.02 Å². The Hall–Kier alpha value is -2.33. The lowest BCUT2D eigenvalue weighted by atomic mass is 10.1. The molecule has 2 rings (SSSR count). The van der Waals surface area contributed by atoms with E-state index in [-0.39, 0.29) is 0 Å². The zero-order valence-corrected chi connectivity index (χ0v) is 13.2. The van der Waals surface area contributed by atoms with Crippen molar-refractivity contribution < 1.29 is 19.1 Å². The molecule has 0 saturated heterocycles. The summed E-state index contributed by atoms with van der Waals surface area (Å²) in [6, 6.07) is 9.69. The van der Waals surface area contributed by atoms with Crippen LogP contribution >= 0.6 is 11.6 Å². The van der Waals surface area contributed by atoms with Gasteiger partial charge in [-0.05, 0) is 61.4 Å². The second-order valence-corrected chi connectivity index (χ2v) is 5.26. The van der Waals surface area contributed by atoms with Crippen LogP contribution in [0.15, 0.2) is 36.4 Å².